The lowest BCUT2D eigenvalue weighted by Gasteiger charge is -2.13. The van der Waals surface area contributed by atoms with E-state index in [1.54, 1.807) is 14.0 Å². The van der Waals surface area contributed by atoms with Crippen molar-refractivity contribution in [1.82, 2.24) is 0 Å². The van der Waals surface area contributed by atoms with Gasteiger partial charge in [-0.2, -0.15) is 0 Å². The van der Waals surface area contributed by atoms with Crippen LogP contribution in [-0.2, 0) is 11.2 Å². The minimum atomic E-state index is 0.201. The second-order valence-corrected chi connectivity index (χ2v) is 7.07. The molecule has 0 aromatic heterocycles. The van der Waals surface area contributed by atoms with Crippen molar-refractivity contribution in [3.8, 4) is 17.2 Å². The van der Waals surface area contributed by atoms with Gasteiger partial charge in [-0.15, -0.1) is 0 Å². The first-order valence-corrected chi connectivity index (χ1v) is 8.95. The van der Waals surface area contributed by atoms with Crippen LogP contribution in [0.4, 0.5) is 0 Å². The second kappa shape index (κ2) is 8.14. The lowest BCUT2D eigenvalue weighted by atomic mass is 10.1. The number of methoxy groups -OCH3 is 1. The Balaban J connectivity index is 2.24. The molecule has 0 aliphatic carbocycles. The summed E-state index contributed by atoms with van der Waals surface area (Å²) in [6, 6.07) is 11.6. The predicted octanol–water partition coefficient (Wildman–Crippen LogP) is 5.22. The predicted molar refractivity (Wildman–Crippen MR) is 104 cm³/mol. The maximum atomic E-state index is 11.2. The zero-order chi connectivity index (χ0) is 16.1. The van der Waals surface area contributed by atoms with Gasteiger partial charge in [-0.25, -0.2) is 0 Å². The number of rotatable bonds is 6. The highest BCUT2D eigenvalue weighted by molar-refractivity contribution is 14.1. The van der Waals surface area contributed by atoms with Crippen molar-refractivity contribution in [3.05, 3.63) is 49.1 Å². The molecule has 0 saturated carbocycles. The summed E-state index contributed by atoms with van der Waals surface area (Å²) in [6.45, 7) is 1.62. The van der Waals surface area contributed by atoms with Gasteiger partial charge in [0, 0.05) is 6.42 Å². The number of carbonyl (C=O) groups excluding carboxylic acids is 1. The van der Waals surface area contributed by atoms with Crippen LogP contribution in [0.3, 0.4) is 0 Å². The van der Waals surface area contributed by atoms with Crippen LogP contribution in [0.1, 0.15) is 18.9 Å². The average Bonchev–Trinajstić information content (AvgIpc) is 2.51. The van der Waals surface area contributed by atoms with E-state index in [2.05, 4.69) is 51.2 Å². The van der Waals surface area contributed by atoms with Gasteiger partial charge < -0.3 is 14.3 Å². The van der Waals surface area contributed by atoms with E-state index in [0.717, 1.165) is 36.4 Å². The van der Waals surface area contributed by atoms with Gasteiger partial charge >= 0.3 is 0 Å². The fourth-order valence-corrected chi connectivity index (χ4v) is 3.86. The Labute approximate surface area is 157 Å². The molecule has 2 rings (SSSR count). The number of aryl methyl sites for hydroxylation is 1. The topological polar surface area (TPSA) is 35.5 Å². The summed E-state index contributed by atoms with van der Waals surface area (Å²) in [5.41, 5.74) is 1.14. The van der Waals surface area contributed by atoms with Crippen LogP contribution < -0.4 is 9.47 Å². The van der Waals surface area contributed by atoms with E-state index in [-0.39, 0.29) is 5.78 Å². The van der Waals surface area contributed by atoms with Crippen molar-refractivity contribution in [2.45, 2.75) is 19.8 Å². The van der Waals surface area contributed by atoms with E-state index < -0.39 is 0 Å². The van der Waals surface area contributed by atoms with Crippen molar-refractivity contribution >= 4 is 51.0 Å². The zero-order valence-corrected chi connectivity index (χ0v) is 16.7. The monoisotopic (exact) mass is 522 g/mol. The lowest BCUT2D eigenvalue weighted by Crippen LogP contribution is -1.99. The van der Waals surface area contributed by atoms with Crippen molar-refractivity contribution in [2.75, 3.05) is 7.11 Å². The van der Waals surface area contributed by atoms with Crippen LogP contribution in [0.25, 0.3) is 0 Å². The molecule has 0 aliphatic rings. The molecule has 0 amide bonds. The number of ether oxygens (including phenoxy) is 2. The van der Waals surface area contributed by atoms with Gasteiger partial charge in [0.15, 0.2) is 5.75 Å². The van der Waals surface area contributed by atoms with Crippen molar-refractivity contribution in [1.29, 1.82) is 0 Å². The summed E-state index contributed by atoms with van der Waals surface area (Å²) in [5.74, 6) is 2.60. The maximum Gasteiger partial charge on any atom is 0.154 e. The third-order valence-corrected chi connectivity index (χ3v) is 5.19. The van der Waals surface area contributed by atoms with E-state index in [0.29, 0.717) is 6.42 Å². The largest absolute Gasteiger partial charge is 0.497 e. The van der Waals surface area contributed by atoms with Gasteiger partial charge in [0.2, 0.25) is 0 Å². The van der Waals surface area contributed by atoms with Crippen LogP contribution in [0.15, 0.2) is 36.4 Å². The summed E-state index contributed by atoms with van der Waals surface area (Å²) in [7, 11) is 1.64. The van der Waals surface area contributed by atoms with E-state index >= 15 is 0 Å². The third-order valence-electron chi connectivity index (χ3n) is 3.15. The number of hydrogen-bond acceptors (Lipinski definition) is 3. The Kier molecular flexibility index (Phi) is 6.49. The molecule has 22 heavy (non-hydrogen) atoms. The molecule has 0 bridgehead atoms. The van der Waals surface area contributed by atoms with Crippen LogP contribution in [0, 0.1) is 7.14 Å². The summed E-state index contributed by atoms with van der Waals surface area (Å²) in [5, 5.41) is 0. The number of ketones is 1. The van der Waals surface area contributed by atoms with Crippen LogP contribution >= 0.6 is 45.2 Å². The molecule has 5 heteroatoms. The zero-order valence-electron chi connectivity index (χ0n) is 12.4. The van der Waals surface area contributed by atoms with Crippen molar-refractivity contribution in [3.63, 3.8) is 0 Å². The normalized spacial score (nSPS) is 10.4. The highest BCUT2D eigenvalue weighted by atomic mass is 127. The van der Waals surface area contributed by atoms with Gasteiger partial charge in [0.05, 0.1) is 14.3 Å². The van der Waals surface area contributed by atoms with E-state index in [1.165, 1.54) is 0 Å². The molecule has 0 fully saturated rings. The van der Waals surface area contributed by atoms with Crippen LogP contribution in [-0.4, -0.2) is 12.9 Å². The molecule has 2 aromatic carbocycles. The van der Waals surface area contributed by atoms with Gasteiger partial charge in [0.25, 0.3) is 0 Å². The molecule has 0 spiro atoms. The first-order chi connectivity index (χ1) is 10.5. The van der Waals surface area contributed by atoms with Crippen molar-refractivity contribution < 1.29 is 14.3 Å². The molecule has 0 unspecified atom stereocenters. The van der Waals surface area contributed by atoms with Gasteiger partial charge in [-0.1, -0.05) is 6.07 Å². The number of hydrogen-bond donors (Lipinski definition) is 0. The SMILES string of the molecule is COc1ccc(Oc2c(I)ccc(CCC(C)=O)c2I)cc1. The highest BCUT2D eigenvalue weighted by Crippen LogP contribution is 2.34. The van der Waals surface area contributed by atoms with Crippen molar-refractivity contribution in [2.24, 2.45) is 0 Å². The van der Waals surface area contributed by atoms with Gasteiger partial charge in [0.1, 0.15) is 17.3 Å². The highest BCUT2D eigenvalue weighted by Gasteiger charge is 2.13. The van der Waals surface area contributed by atoms with E-state index in [9.17, 15) is 4.79 Å². The molecule has 0 N–H and O–H groups in total. The second-order valence-electron chi connectivity index (χ2n) is 4.83. The minimum absolute atomic E-state index is 0.201. The Morgan fingerprint density at radius 1 is 1.05 bits per heavy atom. The molecular weight excluding hydrogens is 506 g/mol. The first kappa shape index (κ1) is 17.5. The number of carbonyl (C=O) groups is 1. The number of Topliss-reactive ketones (excluding diaryl/α,β-unsaturated/α-hetero) is 1. The van der Waals surface area contributed by atoms with E-state index in [1.807, 2.05) is 30.3 Å². The number of benzene rings is 2. The third kappa shape index (κ3) is 4.58. The van der Waals surface area contributed by atoms with E-state index in [4.69, 9.17) is 9.47 Å². The molecule has 0 saturated heterocycles. The average molecular weight is 522 g/mol. The molecule has 2 aromatic rings. The maximum absolute atomic E-state index is 11.2. The fraction of sp³-hybridized carbons (Fsp3) is 0.235. The molecule has 0 atom stereocenters. The van der Waals surface area contributed by atoms with Crippen LogP contribution in [0.2, 0.25) is 0 Å². The molecule has 116 valence electrons. The Bertz CT molecular complexity index is 666. The minimum Gasteiger partial charge on any atom is -0.497 e. The lowest BCUT2D eigenvalue weighted by molar-refractivity contribution is -0.116. The molecule has 3 nitrogen and oxygen atoms in total. The van der Waals surface area contributed by atoms with Crippen LogP contribution in [0.5, 0.6) is 17.2 Å². The summed E-state index contributed by atoms with van der Waals surface area (Å²) < 4.78 is 13.3. The Hall–Kier alpha value is -0.830. The Morgan fingerprint density at radius 2 is 1.68 bits per heavy atom. The molecule has 0 heterocycles. The number of halogens is 2. The quantitative estimate of drug-likeness (QED) is 0.489. The molecular formula is C17H16I2O3. The Morgan fingerprint density at radius 3 is 2.27 bits per heavy atom. The first-order valence-electron chi connectivity index (χ1n) is 6.79. The fourth-order valence-electron chi connectivity index (χ4n) is 1.93. The summed E-state index contributed by atoms with van der Waals surface area (Å²) >= 11 is 4.55. The summed E-state index contributed by atoms with van der Waals surface area (Å²) in [4.78, 5) is 11.2. The molecule has 0 radical (unpaired) electrons. The smallest absolute Gasteiger partial charge is 0.154 e. The van der Waals surface area contributed by atoms with Gasteiger partial charge in [-0.3, -0.25) is 0 Å². The van der Waals surface area contributed by atoms with Gasteiger partial charge in [-0.05, 0) is 94.4 Å². The summed E-state index contributed by atoms with van der Waals surface area (Å²) in [6.07, 6.45) is 1.29. The standard InChI is InChI=1S/C17H16I2O3/c1-11(20)3-4-12-5-10-15(18)17(16(12)19)22-14-8-6-13(21-2)7-9-14/h5-10H,3-4H2,1-2H3. The molecule has 0 aliphatic heterocycles.